The van der Waals surface area contributed by atoms with E-state index < -0.39 is 39.5 Å². The van der Waals surface area contributed by atoms with Crippen molar-refractivity contribution in [1.29, 1.82) is 0 Å². The molecule has 4 rings (SSSR count). The molecule has 1 saturated heterocycles. The molecule has 1 fully saturated rings. The highest BCUT2D eigenvalue weighted by atomic mass is 32.2. The minimum Gasteiger partial charge on any atom is -0.497 e. The lowest BCUT2D eigenvalue weighted by Gasteiger charge is -2.38. The third kappa shape index (κ3) is 9.34. The van der Waals surface area contributed by atoms with Gasteiger partial charge < -0.3 is 25.0 Å². The van der Waals surface area contributed by atoms with Crippen molar-refractivity contribution in [3.05, 3.63) is 76.2 Å². The van der Waals surface area contributed by atoms with Crippen LogP contribution in [0.15, 0.2) is 64.9 Å². The Kier molecular flexibility index (Phi) is 12.3. The van der Waals surface area contributed by atoms with Crippen molar-refractivity contribution in [3.8, 4) is 5.75 Å². The number of nitrogens with zero attached hydrogens (tertiary/aromatic N) is 4. The summed E-state index contributed by atoms with van der Waals surface area (Å²) < 4.78 is 34.2. The molecule has 0 aliphatic carbocycles. The van der Waals surface area contributed by atoms with Gasteiger partial charge in [0, 0.05) is 31.6 Å². The number of amides is 3. The number of hydrogen-bond acceptors (Lipinski definition) is 8. The Bertz CT molecular complexity index is 1620. The molecule has 1 aliphatic rings. The van der Waals surface area contributed by atoms with Crippen LogP contribution in [0, 0.1) is 18.3 Å². The minimum atomic E-state index is -4.00. The first kappa shape index (κ1) is 37.3. The van der Waals surface area contributed by atoms with Crippen LogP contribution in [0.25, 0.3) is 0 Å². The maximum atomic E-state index is 14.2. The number of aliphatic hydroxyl groups is 1. The lowest BCUT2D eigenvalue weighted by Crippen LogP contribution is -2.59. The van der Waals surface area contributed by atoms with Gasteiger partial charge in [-0.3, -0.25) is 4.79 Å². The van der Waals surface area contributed by atoms with Crippen LogP contribution in [0.1, 0.15) is 50.9 Å². The molecule has 1 aromatic heterocycles. The molecule has 48 heavy (non-hydrogen) atoms. The van der Waals surface area contributed by atoms with Gasteiger partial charge in [0.2, 0.25) is 15.9 Å². The average Bonchev–Trinajstić information content (AvgIpc) is 3.60. The standard InChI is InChI=1S/C35H49N5O6S2/c1-24(2)20-39(48(44,45)29-15-13-28(46-7)14-16-29)22-31(41)30(19-26-11-9-8-10-12-26)37-33(42)32(35(4,5)6)40-18-17-38(34(40)43)21-27-23-47-25(3)36-27/h8-16,23-24,30-32,41H,17-22H2,1-7H3,(H,37,42)/t30-,31-,32+/m0/s1. The first-order valence-corrected chi connectivity index (χ1v) is 18.5. The van der Waals surface area contributed by atoms with Crippen LogP contribution in [0.3, 0.4) is 0 Å². The van der Waals surface area contributed by atoms with Gasteiger partial charge >= 0.3 is 6.03 Å². The van der Waals surface area contributed by atoms with Crippen LogP contribution in [-0.2, 0) is 27.8 Å². The molecular weight excluding hydrogens is 651 g/mol. The summed E-state index contributed by atoms with van der Waals surface area (Å²) in [5, 5.41) is 17.7. The molecule has 3 atom stereocenters. The number of sulfonamides is 1. The highest BCUT2D eigenvalue weighted by molar-refractivity contribution is 7.89. The number of benzene rings is 2. The molecule has 0 spiro atoms. The summed E-state index contributed by atoms with van der Waals surface area (Å²) in [5.41, 5.74) is 1.03. The Hall–Kier alpha value is -3.52. The van der Waals surface area contributed by atoms with Gasteiger partial charge in [-0.15, -0.1) is 11.3 Å². The summed E-state index contributed by atoms with van der Waals surface area (Å²) in [7, 11) is -2.49. The molecule has 0 radical (unpaired) electrons. The van der Waals surface area contributed by atoms with Crippen molar-refractivity contribution in [2.75, 3.05) is 33.3 Å². The quantitative estimate of drug-likeness (QED) is 0.238. The SMILES string of the molecule is COc1ccc(S(=O)(=O)N(CC(C)C)C[C@H](O)[C@H](Cc2ccccc2)NC(=O)[C@@H](N2CCN(Cc3csc(C)n3)C2=O)C(C)(C)C)cc1. The Morgan fingerprint density at radius 1 is 1.08 bits per heavy atom. The fraction of sp³-hybridized carbons (Fsp3) is 0.514. The molecule has 1 aliphatic heterocycles. The van der Waals surface area contributed by atoms with E-state index in [1.54, 1.807) is 21.9 Å². The topological polar surface area (TPSA) is 132 Å². The molecule has 262 valence electrons. The largest absolute Gasteiger partial charge is 0.497 e. The van der Waals surface area contributed by atoms with Crippen LogP contribution >= 0.6 is 11.3 Å². The summed E-state index contributed by atoms with van der Waals surface area (Å²) in [4.78, 5) is 35.8. The molecule has 13 heteroatoms. The van der Waals surface area contributed by atoms with E-state index in [2.05, 4.69) is 10.3 Å². The molecule has 2 N–H and O–H groups in total. The Labute approximate surface area is 289 Å². The normalized spacial score (nSPS) is 16.0. The van der Waals surface area contributed by atoms with Crippen molar-refractivity contribution in [1.82, 2.24) is 24.4 Å². The average molecular weight is 700 g/mol. The number of aromatic nitrogens is 1. The van der Waals surface area contributed by atoms with Gasteiger partial charge in [0.15, 0.2) is 0 Å². The van der Waals surface area contributed by atoms with Gasteiger partial charge in [-0.2, -0.15) is 4.31 Å². The first-order valence-electron chi connectivity index (χ1n) is 16.2. The number of carbonyl (C=O) groups is 2. The minimum absolute atomic E-state index is 0.0324. The number of thiazole rings is 1. The summed E-state index contributed by atoms with van der Waals surface area (Å²) in [5.74, 6) is 0.0897. The van der Waals surface area contributed by atoms with Crippen LogP contribution in [-0.4, -0.2) is 96.0 Å². The lowest BCUT2D eigenvalue weighted by atomic mass is 9.84. The Balaban J connectivity index is 1.59. The summed E-state index contributed by atoms with van der Waals surface area (Å²) in [6, 6.07) is 13.6. The number of methoxy groups -OCH3 is 1. The monoisotopic (exact) mass is 699 g/mol. The number of nitrogens with one attached hydrogen (secondary N) is 1. The van der Waals surface area contributed by atoms with Crippen molar-refractivity contribution in [3.63, 3.8) is 0 Å². The highest BCUT2D eigenvalue weighted by Gasteiger charge is 2.44. The zero-order valence-corrected chi connectivity index (χ0v) is 30.6. The van der Waals surface area contributed by atoms with E-state index in [1.807, 2.05) is 77.3 Å². The molecule has 2 heterocycles. The maximum absolute atomic E-state index is 14.2. The van der Waals surface area contributed by atoms with Crippen LogP contribution in [0.5, 0.6) is 5.75 Å². The van der Waals surface area contributed by atoms with Crippen LogP contribution in [0.2, 0.25) is 0 Å². The number of ether oxygens (including phenoxy) is 1. The van der Waals surface area contributed by atoms with Gasteiger partial charge in [-0.25, -0.2) is 18.2 Å². The molecule has 0 bridgehead atoms. The smallest absolute Gasteiger partial charge is 0.321 e. The van der Waals surface area contributed by atoms with E-state index >= 15 is 0 Å². The second-order valence-electron chi connectivity index (χ2n) is 13.8. The van der Waals surface area contributed by atoms with E-state index in [4.69, 9.17) is 4.74 Å². The summed E-state index contributed by atoms with van der Waals surface area (Å²) >= 11 is 1.53. The van der Waals surface area contributed by atoms with E-state index in [9.17, 15) is 23.1 Å². The van der Waals surface area contributed by atoms with Crippen LogP contribution in [0.4, 0.5) is 4.79 Å². The number of urea groups is 1. The van der Waals surface area contributed by atoms with E-state index in [0.717, 1.165) is 16.3 Å². The fourth-order valence-electron chi connectivity index (χ4n) is 5.99. The third-order valence-electron chi connectivity index (χ3n) is 8.27. The van der Waals surface area contributed by atoms with Crippen molar-refractivity contribution in [2.45, 2.75) is 77.6 Å². The van der Waals surface area contributed by atoms with Gasteiger partial charge in [0.25, 0.3) is 0 Å². The molecule has 11 nitrogen and oxygen atoms in total. The lowest BCUT2D eigenvalue weighted by molar-refractivity contribution is -0.130. The molecule has 0 unspecified atom stereocenters. The predicted molar refractivity (Wildman–Crippen MR) is 187 cm³/mol. The van der Waals surface area contributed by atoms with E-state index in [0.29, 0.717) is 25.4 Å². The maximum Gasteiger partial charge on any atom is 0.321 e. The summed E-state index contributed by atoms with van der Waals surface area (Å²) in [6.45, 7) is 12.6. The second kappa shape index (κ2) is 15.8. The van der Waals surface area contributed by atoms with Gasteiger partial charge in [-0.05, 0) is 54.5 Å². The first-order chi connectivity index (χ1) is 22.6. The van der Waals surface area contributed by atoms with Crippen molar-refractivity contribution >= 4 is 33.3 Å². The zero-order chi connectivity index (χ0) is 35.2. The number of aliphatic hydroxyl groups excluding tert-OH is 1. The highest BCUT2D eigenvalue weighted by Crippen LogP contribution is 2.29. The number of hydrogen-bond donors (Lipinski definition) is 2. The zero-order valence-electron chi connectivity index (χ0n) is 28.9. The predicted octanol–water partition coefficient (Wildman–Crippen LogP) is 4.55. The van der Waals surface area contributed by atoms with Gasteiger partial charge in [-0.1, -0.05) is 65.0 Å². The van der Waals surface area contributed by atoms with E-state index in [-0.39, 0.29) is 36.4 Å². The summed E-state index contributed by atoms with van der Waals surface area (Å²) in [6.07, 6.45) is -1.01. The van der Waals surface area contributed by atoms with Crippen molar-refractivity contribution < 1.29 is 27.9 Å². The number of carbonyl (C=O) groups excluding carboxylic acids is 2. The number of aryl methyl sites for hydroxylation is 1. The number of rotatable bonds is 15. The van der Waals surface area contributed by atoms with Crippen LogP contribution < -0.4 is 10.1 Å². The molecule has 3 amide bonds. The van der Waals surface area contributed by atoms with Crippen molar-refractivity contribution in [2.24, 2.45) is 11.3 Å². The molecular formula is C35H49N5O6S2. The third-order valence-corrected chi connectivity index (χ3v) is 10.9. The molecule has 0 saturated carbocycles. The second-order valence-corrected chi connectivity index (χ2v) is 16.8. The Morgan fingerprint density at radius 3 is 2.31 bits per heavy atom. The van der Waals surface area contributed by atoms with Gasteiger partial charge in [0.05, 0.1) is 41.4 Å². The van der Waals surface area contributed by atoms with Gasteiger partial charge in [0.1, 0.15) is 11.8 Å². The van der Waals surface area contributed by atoms with E-state index in [1.165, 1.54) is 34.9 Å². The fourth-order valence-corrected chi connectivity index (χ4v) is 8.22. The molecule has 3 aromatic rings. The molecule has 2 aromatic carbocycles. The Morgan fingerprint density at radius 2 is 1.75 bits per heavy atom.